The maximum absolute atomic E-state index is 13.5. The highest BCUT2D eigenvalue weighted by Crippen LogP contribution is 2.35. The number of nitrogens with zero attached hydrogens (tertiary/aromatic N) is 3. The summed E-state index contributed by atoms with van der Waals surface area (Å²) in [6.45, 7) is 0.483. The molecule has 0 N–H and O–H groups in total. The predicted octanol–water partition coefficient (Wildman–Crippen LogP) is 4.89. The van der Waals surface area contributed by atoms with Crippen LogP contribution in [0.25, 0.3) is 10.9 Å². The summed E-state index contributed by atoms with van der Waals surface area (Å²) in [7, 11) is 6.98. The zero-order valence-electron chi connectivity index (χ0n) is 19.5. The summed E-state index contributed by atoms with van der Waals surface area (Å²) in [6, 6.07) is 14.7. The van der Waals surface area contributed by atoms with E-state index >= 15 is 0 Å². The molecule has 8 heteroatoms. The molecular formula is C26H26FN3O4. The molecule has 2 aromatic carbocycles. The van der Waals surface area contributed by atoms with Gasteiger partial charge in [0.15, 0.2) is 0 Å². The molecule has 0 bridgehead atoms. The van der Waals surface area contributed by atoms with E-state index in [0.29, 0.717) is 34.2 Å². The van der Waals surface area contributed by atoms with Gasteiger partial charge in [-0.15, -0.1) is 0 Å². The molecule has 0 saturated carbocycles. The lowest BCUT2D eigenvalue weighted by Gasteiger charge is -2.25. The first-order chi connectivity index (χ1) is 16.4. The number of benzene rings is 2. The van der Waals surface area contributed by atoms with Crippen LogP contribution in [0.4, 0.5) is 10.2 Å². The normalized spacial score (nSPS) is 10.9. The van der Waals surface area contributed by atoms with Crippen LogP contribution in [0.15, 0.2) is 65.3 Å². The summed E-state index contributed by atoms with van der Waals surface area (Å²) in [4.78, 5) is 21.8. The van der Waals surface area contributed by atoms with E-state index < -0.39 is 5.82 Å². The van der Waals surface area contributed by atoms with Gasteiger partial charge in [0.1, 0.15) is 34.4 Å². The van der Waals surface area contributed by atoms with Gasteiger partial charge in [0.2, 0.25) is 0 Å². The number of halogens is 1. The number of carbonyl (C=O) groups is 1. The average Bonchev–Trinajstić information content (AvgIpc) is 3.35. The van der Waals surface area contributed by atoms with Crippen LogP contribution in [0.3, 0.4) is 0 Å². The third kappa shape index (κ3) is 4.66. The van der Waals surface area contributed by atoms with Gasteiger partial charge in [0, 0.05) is 30.6 Å². The van der Waals surface area contributed by atoms with Crippen LogP contribution in [0.5, 0.6) is 11.5 Å². The molecule has 4 rings (SSSR count). The molecule has 1 amide bonds. The highest BCUT2D eigenvalue weighted by molar-refractivity contribution is 5.95. The minimum absolute atomic E-state index is 0.239. The molecular weight excluding hydrogens is 437 g/mol. The summed E-state index contributed by atoms with van der Waals surface area (Å²) in [6.07, 6.45) is 1.57. The third-order valence-corrected chi connectivity index (χ3v) is 5.49. The van der Waals surface area contributed by atoms with Gasteiger partial charge in [-0.05, 0) is 54.6 Å². The Balaban J connectivity index is 1.81. The highest BCUT2D eigenvalue weighted by Gasteiger charge is 2.22. The average molecular weight is 464 g/mol. The van der Waals surface area contributed by atoms with E-state index in [4.69, 9.17) is 18.9 Å². The monoisotopic (exact) mass is 463 g/mol. The van der Waals surface area contributed by atoms with Crippen LogP contribution in [0.1, 0.15) is 21.7 Å². The van der Waals surface area contributed by atoms with E-state index in [0.717, 1.165) is 10.9 Å². The number of carbonyl (C=O) groups excluding carboxylic acids is 1. The fourth-order valence-electron chi connectivity index (χ4n) is 3.86. The molecule has 0 radical (unpaired) electrons. The number of rotatable bonds is 8. The van der Waals surface area contributed by atoms with E-state index in [1.54, 1.807) is 31.4 Å². The Labute approximate surface area is 197 Å². The summed E-state index contributed by atoms with van der Waals surface area (Å²) in [5, 5.41) is 0.773. The number of hydrogen-bond donors (Lipinski definition) is 0. The molecule has 0 aliphatic rings. The van der Waals surface area contributed by atoms with E-state index in [-0.39, 0.29) is 19.0 Å². The summed E-state index contributed by atoms with van der Waals surface area (Å²) < 4.78 is 30.0. The van der Waals surface area contributed by atoms with E-state index in [1.807, 2.05) is 43.3 Å². The Morgan fingerprint density at radius 1 is 1.00 bits per heavy atom. The first-order valence-corrected chi connectivity index (χ1v) is 10.7. The maximum Gasteiger partial charge on any atom is 0.254 e. The number of pyridine rings is 1. The number of furan rings is 1. The van der Waals surface area contributed by atoms with Crippen LogP contribution in [-0.4, -0.2) is 44.1 Å². The van der Waals surface area contributed by atoms with E-state index in [9.17, 15) is 9.18 Å². The standard InChI is InChI=1S/C26H26FN3O4/c1-29(2)25-18(14-21-22(32-3)11-12-23(33-4)24(21)28-25)15-30(16-20-6-5-13-34-20)26(31)17-7-9-19(27)10-8-17/h5-14H,15-16H2,1-4H3. The van der Waals surface area contributed by atoms with Gasteiger partial charge in [-0.2, -0.15) is 0 Å². The van der Waals surface area contributed by atoms with Gasteiger partial charge >= 0.3 is 0 Å². The second kappa shape index (κ2) is 9.82. The molecule has 2 heterocycles. The SMILES string of the molecule is COc1ccc(OC)c2nc(N(C)C)c(CN(Cc3ccco3)C(=O)c3ccc(F)cc3)cc12. The summed E-state index contributed by atoms with van der Waals surface area (Å²) in [5.74, 6) is 1.95. The van der Waals surface area contributed by atoms with Crippen molar-refractivity contribution in [2.24, 2.45) is 0 Å². The lowest BCUT2D eigenvalue weighted by atomic mass is 10.1. The highest BCUT2D eigenvalue weighted by atomic mass is 19.1. The molecule has 0 fully saturated rings. The van der Waals surface area contributed by atoms with Crippen LogP contribution in [0.2, 0.25) is 0 Å². The topological polar surface area (TPSA) is 68.0 Å². The molecule has 0 saturated heterocycles. The minimum atomic E-state index is -0.399. The van der Waals surface area contributed by atoms with Crippen molar-refractivity contribution < 1.29 is 23.1 Å². The largest absolute Gasteiger partial charge is 0.496 e. The minimum Gasteiger partial charge on any atom is -0.496 e. The van der Waals surface area contributed by atoms with E-state index in [2.05, 4.69) is 0 Å². The van der Waals surface area contributed by atoms with E-state index in [1.165, 1.54) is 24.3 Å². The number of aromatic nitrogens is 1. The number of hydrogen-bond acceptors (Lipinski definition) is 6. The molecule has 0 aliphatic heterocycles. The Morgan fingerprint density at radius 2 is 1.71 bits per heavy atom. The first-order valence-electron chi connectivity index (χ1n) is 10.7. The molecule has 34 heavy (non-hydrogen) atoms. The molecule has 0 aliphatic carbocycles. The fraction of sp³-hybridized carbons (Fsp3) is 0.231. The van der Waals surface area contributed by atoms with Crippen LogP contribution >= 0.6 is 0 Å². The number of methoxy groups -OCH3 is 2. The molecule has 0 spiro atoms. The lowest BCUT2D eigenvalue weighted by molar-refractivity contribution is 0.0718. The van der Waals surface area contributed by atoms with Crippen molar-refractivity contribution >= 4 is 22.6 Å². The Hall–Kier alpha value is -4.07. The number of anilines is 1. The molecule has 0 unspecified atom stereocenters. The van der Waals surface area contributed by atoms with Crippen LogP contribution in [-0.2, 0) is 13.1 Å². The molecule has 176 valence electrons. The smallest absolute Gasteiger partial charge is 0.254 e. The molecule has 7 nitrogen and oxygen atoms in total. The summed E-state index contributed by atoms with van der Waals surface area (Å²) >= 11 is 0. The number of fused-ring (bicyclic) bond motifs is 1. The quantitative estimate of drug-likeness (QED) is 0.371. The second-order valence-corrected chi connectivity index (χ2v) is 7.98. The zero-order valence-corrected chi connectivity index (χ0v) is 19.5. The molecule has 4 aromatic rings. The van der Waals surface area contributed by atoms with Gasteiger partial charge in [0.25, 0.3) is 5.91 Å². The predicted molar refractivity (Wildman–Crippen MR) is 128 cm³/mol. The van der Waals surface area contributed by atoms with Gasteiger partial charge in [-0.25, -0.2) is 9.37 Å². The Morgan fingerprint density at radius 3 is 2.32 bits per heavy atom. The maximum atomic E-state index is 13.5. The van der Waals surface area contributed by atoms with Crippen molar-refractivity contribution in [1.29, 1.82) is 0 Å². The van der Waals surface area contributed by atoms with Crippen LogP contribution in [0, 0.1) is 5.82 Å². The van der Waals surface area contributed by atoms with Crippen molar-refractivity contribution in [3.05, 3.63) is 83.6 Å². The second-order valence-electron chi connectivity index (χ2n) is 7.98. The Kier molecular flexibility index (Phi) is 6.67. The van der Waals surface area contributed by atoms with Crippen molar-refractivity contribution in [1.82, 2.24) is 9.88 Å². The summed E-state index contributed by atoms with van der Waals surface area (Å²) in [5.41, 5.74) is 1.86. The fourth-order valence-corrected chi connectivity index (χ4v) is 3.86. The lowest BCUT2D eigenvalue weighted by Crippen LogP contribution is -2.31. The molecule has 2 aromatic heterocycles. The first kappa shape index (κ1) is 23.1. The van der Waals surface area contributed by atoms with Gasteiger partial charge < -0.3 is 23.7 Å². The number of amides is 1. The van der Waals surface area contributed by atoms with Crippen molar-refractivity contribution in [2.75, 3.05) is 33.2 Å². The van der Waals surface area contributed by atoms with Gasteiger partial charge in [-0.3, -0.25) is 4.79 Å². The van der Waals surface area contributed by atoms with Crippen molar-refractivity contribution in [3.63, 3.8) is 0 Å². The zero-order chi connectivity index (χ0) is 24.2. The van der Waals surface area contributed by atoms with Gasteiger partial charge in [0.05, 0.1) is 33.6 Å². The van der Waals surface area contributed by atoms with Crippen molar-refractivity contribution in [3.8, 4) is 11.5 Å². The molecule has 0 atom stereocenters. The van der Waals surface area contributed by atoms with Crippen molar-refractivity contribution in [2.45, 2.75) is 13.1 Å². The van der Waals surface area contributed by atoms with Gasteiger partial charge in [-0.1, -0.05) is 0 Å². The Bertz CT molecular complexity index is 1290. The van der Waals surface area contributed by atoms with Crippen LogP contribution < -0.4 is 14.4 Å². The number of ether oxygens (including phenoxy) is 2. The third-order valence-electron chi connectivity index (χ3n) is 5.49.